The second-order valence-corrected chi connectivity index (χ2v) is 11.6. The molecule has 1 heterocycles. The number of benzene rings is 3. The first-order valence-corrected chi connectivity index (χ1v) is 14.1. The van der Waals surface area contributed by atoms with Crippen molar-refractivity contribution in [1.82, 2.24) is 4.31 Å². The molecule has 6 nitrogen and oxygen atoms in total. The van der Waals surface area contributed by atoms with Crippen molar-refractivity contribution in [2.24, 2.45) is 5.92 Å². The van der Waals surface area contributed by atoms with Crippen molar-refractivity contribution >= 4 is 45.0 Å². The quantitative estimate of drug-likeness (QED) is 0.390. The van der Waals surface area contributed by atoms with E-state index in [2.05, 4.69) is 5.32 Å². The average molecular weight is 531 g/mol. The number of carbonyl (C=O) groups is 1. The third-order valence-corrected chi connectivity index (χ3v) is 9.00. The Morgan fingerprint density at radius 2 is 1.74 bits per heavy atom. The van der Waals surface area contributed by atoms with Gasteiger partial charge in [-0.1, -0.05) is 53.7 Å². The molecule has 0 aromatic heterocycles. The van der Waals surface area contributed by atoms with Crippen LogP contribution in [0, 0.1) is 5.92 Å². The smallest absolute Gasteiger partial charge is 0.246 e. The molecule has 0 aliphatic carbocycles. The molecule has 9 heteroatoms. The summed E-state index contributed by atoms with van der Waals surface area (Å²) in [6.07, 6.45) is 0.868. The molecule has 1 aliphatic rings. The van der Waals surface area contributed by atoms with Gasteiger partial charge in [0.05, 0.1) is 12.3 Å². The largest absolute Gasteiger partial charge is 0.492 e. The van der Waals surface area contributed by atoms with E-state index in [1.807, 2.05) is 54.6 Å². The van der Waals surface area contributed by atoms with Crippen LogP contribution in [-0.4, -0.2) is 38.3 Å². The summed E-state index contributed by atoms with van der Waals surface area (Å²) in [7, 11) is -3.80. The van der Waals surface area contributed by atoms with E-state index in [4.69, 9.17) is 16.3 Å². The van der Waals surface area contributed by atoms with Gasteiger partial charge in [0.15, 0.2) is 0 Å². The summed E-state index contributed by atoms with van der Waals surface area (Å²) in [6, 6.07) is 22.3. The van der Waals surface area contributed by atoms with E-state index in [-0.39, 0.29) is 35.6 Å². The van der Waals surface area contributed by atoms with E-state index >= 15 is 0 Å². The minimum atomic E-state index is -3.80. The molecular formula is C26H27ClN2O4S2. The molecule has 0 radical (unpaired) electrons. The maximum absolute atomic E-state index is 13.3. The van der Waals surface area contributed by atoms with E-state index in [9.17, 15) is 13.2 Å². The SMILES string of the molecule is CCOc1ccc(Cl)cc1S(=O)(=O)N1CCC(C(=O)Nc2ccccc2Sc2ccccc2)CC1. The molecule has 1 aliphatic heterocycles. The van der Waals surface area contributed by atoms with Crippen LogP contribution in [0.3, 0.4) is 0 Å². The molecule has 0 bridgehead atoms. The summed E-state index contributed by atoms with van der Waals surface area (Å²) < 4.78 is 33.5. The van der Waals surface area contributed by atoms with Gasteiger partial charge in [-0.05, 0) is 62.2 Å². The number of anilines is 1. The summed E-state index contributed by atoms with van der Waals surface area (Å²) in [5.41, 5.74) is 0.752. The van der Waals surface area contributed by atoms with Crippen LogP contribution in [0.25, 0.3) is 0 Å². The van der Waals surface area contributed by atoms with Gasteiger partial charge in [-0.15, -0.1) is 0 Å². The van der Waals surface area contributed by atoms with Crippen LogP contribution in [0.4, 0.5) is 5.69 Å². The maximum Gasteiger partial charge on any atom is 0.246 e. The number of amides is 1. The van der Waals surface area contributed by atoms with E-state index in [1.165, 1.54) is 10.4 Å². The second kappa shape index (κ2) is 11.5. The number of carbonyl (C=O) groups excluding carboxylic acids is 1. The monoisotopic (exact) mass is 530 g/mol. The number of ether oxygens (including phenoxy) is 1. The summed E-state index contributed by atoms with van der Waals surface area (Å²) in [5, 5.41) is 3.38. The number of piperidine rings is 1. The van der Waals surface area contributed by atoms with Gasteiger partial charge in [-0.25, -0.2) is 8.42 Å². The van der Waals surface area contributed by atoms with Crippen molar-refractivity contribution in [3.63, 3.8) is 0 Å². The zero-order valence-electron chi connectivity index (χ0n) is 19.3. The molecule has 4 rings (SSSR count). The lowest BCUT2D eigenvalue weighted by atomic mass is 9.97. The van der Waals surface area contributed by atoms with Gasteiger partial charge in [0, 0.05) is 33.8 Å². The molecule has 3 aromatic rings. The first-order valence-electron chi connectivity index (χ1n) is 11.4. The Labute approximate surface area is 215 Å². The number of hydrogen-bond donors (Lipinski definition) is 1. The lowest BCUT2D eigenvalue weighted by molar-refractivity contribution is -0.120. The molecular weight excluding hydrogens is 504 g/mol. The van der Waals surface area contributed by atoms with Crippen molar-refractivity contribution in [3.8, 4) is 5.75 Å². The Hall–Kier alpha value is -2.52. The van der Waals surface area contributed by atoms with Gasteiger partial charge < -0.3 is 10.1 Å². The Morgan fingerprint density at radius 1 is 1.06 bits per heavy atom. The van der Waals surface area contributed by atoms with Crippen molar-refractivity contribution in [3.05, 3.63) is 77.8 Å². The lowest BCUT2D eigenvalue weighted by Crippen LogP contribution is -2.41. The van der Waals surface area contributed by atoms with E-state index in [0.717, 1.165) is 15.5 Å². The minimum absolute atomic E-state index is 0.0571. The maximum atomic E-state index is 13.3. The summed E-state index contributed by atoms with van der Waals surface area (Å²) in [4.78, 5) is 15.2. The number of nitrogens with zero attached hydrogens (tertiary/aromatic N) is 1. The standard InChI is InChI=1S/C26H27ClN2O4S2/c1-2-33-23-13-12-20(27)18-25(23)35(31,32)29-16-14-19(15-17-29)26(30)28-22-10-6-7-11-24(22)34-21-8-4-3-5-9-21/h3-13,18-19H,2,14-17H2,1H3,(H,28,30). The van der Waals surface area contributed by atoms with Crippen LogP contribution in [0.2, 0.25) is 5.02 Å². The molecule has 0 atom stereocenters. The fraction of sp³-hybridized carbons (Fsp3) is 0.269. The Bertz CT molecular complexity index is 1280. The highest BCUT2D eigenvalue weighted by molar-refractivity contribution is 7.99. The van der Waals surface area contributed by atoms with Gasteiger partial charge in [0.1, 0.15) is 10.6 Å². The predicted molar refractivity (Wildman–Crippen MR) is 140 cm³/mol. The molecule has 184 valence electrons. The fourth-order valence-corrected chi connectivity index (χ4v) is 6.75. The average Bonchev–Trinajstić information content (AvgIpc) is 2.87. The van der Waals surface area contributed by atoms with Crippen LogP contribution in [0.5, 0.6) is 5.75 Å². The first kappa shape index (κ1) is 25.6. The molecule has 1 fully saturated rings. The van der Waals surface area contributed by atoms with E-state index < -0.39 is 10.0 Å². The fourth-order valence-electron chi connectivity index (χ4n) is 3.96. The van der Waals surface area contributed by atoms with Gasteiger partial charge in [0.2, 0.25) is 15.9 Å². The molecule has 35 heavy (non-hydrogen) atoms. The van der Waals surface area contributed by atoms with Gasteiger partial charge in [-0.2, -0.15) is 4.31 Å². The summed E-state index contributed by atoms with van der Waals surface area (Å²) >= 11 is 7.66. The third-order valence-electron chi connectivity index (χ3n) is 5.76. The predicted octanol–water partition coefficient (Wildman–Crippen LogP) is 5.93. The zero-order chi connectivity index (χ0) is 24.8. The van der Waals surface area contributed by atoms with E-state index in [0.29, 0.717) is 24.5 Å². The highest BCUT2D eigenvalue weighted by atomic mass is 35.5. The number of para-hydroxylation sites is 1. The van der Waals surface area contributed by atoms with Gasteiger partial charge in [0.25, 0.3) is 0 Å². The van der Waals surface area contributed by atoms with Crippen LogP contribution in [0.15, 0.2) is 87.5 Å². The Kier molecular flexibility index (Phi) is 8.38. The number of halogens is 1. The number of hydrogen-bond acceptors (Lipinski definition) is 5. The summed E-state index contributed by atoms with van der Waals surface area (Å²) in [5.74, 6) is -0.0906. The number of nitrogens with one attached hydrogen (secondary N) is 1. The Morgan fingerprint density at radius 3 is 2.46 bits per heavy atom. The van der Waals surface area contributed by atoms with Crippen LogP contribution in [-0.2, 0) is 14.8 Å². The molecule has 3 aromatic carbocycles. The third kappa shape index (κ3) is 6.19. The van der Waals surface area contributed by atoms with Crippen LogP contribution < -0.4 is 10.1 Å². The van der Waals surface area contributed by atoms with Crippen LogP contribution in [0.1, 0.15) is 19.8 Å². The van der Waals surface area contributed by atoms with Crippen molar-refractivity contribution in [2.75, 3.05) is 25.0 Å². The van der Waals surface area contributed by atoms with Gasteiger partial charge in [-0.3, -0.25) is 4.79 Å². The topological polar surface area (TPSA) is 75.7 Å². The Balaban J connectivity index is 1.42. The number of sulfonamides is 1. The van der Waals surface area contributed by atoms with Crippen molar-refractivity contribution in [2.45, 2.75) is 34.5 Å². The molecule has 0 saturated carbocycles. The summed E-state index contributed by atoms with van der Waals surface area (Å²) in [6.45, 7) is 2.64. The number of rotatable bonds is 8. The highest BCUT2D eigenvalue weighted by Gasteiger charge is 2.34. The normalized spacial score (nSPS) is 15.0. The molecule has 1 amide bonds. The molecule has 1 saturated heterocycles. The molecule has 0 spiro atoms. The highest BCUT2D eigenvalue weighted by Crippen LogP contribution is 2.35. The first-order chi connectivity index (χ1) is 16.9. The van der Waals surface area contributed by atoms with Gasteiger partial charge >= 0.3 is 0 Å². The van der Waals surface area contributed by atoms with E-state index in [1.54, 1.807) is 30.8 Å². The van der Waals surface area contributed by atoms with Crippen molar-refractivity contribution in [1.29, 1.82) is 0 Å². The lowest BCUT2D eigenvalue weighted by Gasteiger charge is -2.31. The molecule has 1 N–H and O–H groups in total. The van der Waals surface area contributed by atoms with Crippen molar-refractivity contribution < 1.29 is 17.9 Å². The molecule has 0 unspecified atom stereocenters. The zero-order valence-corrected chi connectivity index (χ0v) is 21.7. The second-order valence-electron chi connectivity index (χ2n) is 8.10. The van der Waals surface area contributed by atoms with Crippen LogP contribution >= 0.6 is 23.4 Å². The minimum Gasteiger partial charge on any atom is -0.492 e.